The third kappa shape index (κ3) is 5.03. The fraction of sp³-hybridized carbons (Fsp3) is 0. The lowest BCUT2D eigenvalue weighted by molar-refractivity contribution is 1.18. The van der Waals surface area contributed by atoms with E-state index >= 15 is 0 Å². The summed E-state index contributed by atoms with van der Waals surface area (Å²) in [6, 6.07) is 75.6. The van der Waals surface area contributed by atoms with Gasteiger partial charge in [-0.25, -0.2) is 0 Å². The summed E-state index contributed by atoms with van der Waals surface area (Å²) in [5.41, 5.74) is 14.5. The lowest BCUT2D eigenvalue weighted by Crippen LogP contribution is -1.94. The Hall–Kier alpha value is -7.20. The molecule has 266 valence electrons. The van der Waals surface area contributed by atoms with Gasteiger partial charge in [0.2, 0.25) is 0 Å². The Kier molecular flexibility index (Phi) is 7.13. The highest BCUT2D eigenvalue weighted by Crippen LogP contribution is 2.43. The molecule has 0 aliphatic rings. The molecule has 57 heavy (non-hydrogen) atoms. The molecule has 12 rings (SSSR count). The molecule has 0 amide bonds. The normalized spacial score (nSPS) is 11.9. The van der Waals surface area contributed by atoms with Crippen molar-refractivity contribution >= 4 is 75.1 Å². The first-order valence-corrected chi connectivity index (χ1v) is 20.3. The standard InChI is InChI=1S/C54H34N2S/c1-3-13-35(14-4-1)37-17-11-18-40(31-37)55-48-22-9-7-19-43(48)45-32-38(25-28-50(45)55)39-26-29-51-46(33-39)44-20-8-10-23-49(44)56(51)41-27-30-52-47(34-41)54-42(21-12-24-53(54)57-52)36-15-5-2-6-16-36/h1-34H. The molecule has 0 aliphatic heterocycles. The lowest BCUT2D eigenvalue weighted by atomic mass is 9.99. The smallest absolute Gasteiger partial charge is 0.0541 e. The molecule has 3 heterocycles. The Bertz CT molecular complexity index is 3510. The Balaban J connectivity index is 1.01. The summed E-state index contributed by atoms with van der Waals surface area (Å²) >= 11 is 1.87. The summed E-state index contributed by atoms with van der Waals surface area (Å²) in [6.07, 6.45) is 0. The average Bonchev–Trinajstić information content (AvgIpc) is 3.94. The van der Waals surface area contributed by atoms with Crippen LogP contribution in [-0.2, 0) is 0 Å². The average molecular weight is 743 g/mol. The lowest BCUT2D eigenvalue weighted by Gasteiger charge is -2.11. The minimum atomic E-state index is 1.16. The molecule has 0 atom stereocenters. The zero-order valence-electron chi connectivity index (χ0n) is 30.9. The molecule has 3 heteroatoms. The fourth-order valence-electron chi connectivity index (χ4n) is 9.13. The van der Waals surface area contributed by atoms with Gasteiger partial charge in [0, 0.05) is 53.1 Å². The maximum absolute atomic E-state index is 2.45. The molecule has 2 nitrogen and oxygen atoms in total. The Morgan fingerprint density at radius 3 is 1.47 bits per heavy atom. The minimum absolute atomic E-state index is 1.16. The van der Waals surface area contributed by atoms with Gasteiger partial charge in [-0.05, 0) is 106 Å². The van der Waals surface area contributed by atoms with Crippen LogP contribution >= 0.6 is 11.3 Å². The predicted molar refractivity (Wildman–Crippen MR) is 244 cm³/mol. The molecule has 0 spiro atoms. The summed E-state index contributed by atoms with van der Waals surface area (Å²) in [5, 5.41) is 7.64. The van der Waals surface area contributed by atoms with Crippen LogP contribution in [0.1, 0.15) is 0 Å². The van der Waals surface area contributed by atoms with Crippen LogP contribution in [0.25, 0.3) is 109 Å². The second kappa shape index (κ2) is 12.7. The van der Waals surface area contributed by atoms with Crippen molar-refractivity contribution in [3.8, 4) is 44.8 Å². The highest BCUT2D eigenvalue weighted by Gasteiger charge is 2.18. The molecule has 0 aliphatic carbocycles. The quantitative estimate of drug-likeness (QED) is 0.166. The van der Waals surface area contributed by atoms with Gasteiger partial charge in [-0.3, -0.25) is 0 Å². The van der Waals surface area contributed by atoms with E-state index in [0.717, 1.165) is 5.69 Å². The minimum Gasteiger partial charge on any atom is -0.309 e. The fourth-order valence-corrected chi connectivity index (χ4v) is 10.2. The first-order chi connectivity index (χ1) is 28.3. The molecule has 0 N–H and O–H groups in total. The van der Waals surface area contributed by atoms with E-state index in [1.165, 1.54) is 103 Å². The Morgan fingerprint density at radius 2 is 0.807 bits per heavy atom. The SMILES string of the molecule is c1ccc(-c2cccc(-n3c4ccccc4c4cc(-c5ccc6c(c5)c5ccccc5n6-c5ccc6sc7cccc(-c8ccccc8)c7c6c5)ccc43)c2)cc1. The molecule has 9 aromatic carbocycles. The van der Waals surface area contributed by atoms with Crippen LogP contribution in [0.5, 0.6) is 0 Å². The second-order valence-electron chi connectivity index (χ2n) is 14.9. The van der Waals surface area contributed by atoms with Gasteiger partial charge in [0.25, 0.3) is 0 Å². The third-order valence-corrected chi connectivity index (χ3v) is 12.8. The maximum Gasteiger partial charge on any atom is 0.0541 e. The molecular formula is C54H34N2S. The molecular weight excluding hydrogens is 709 g/mol. The number of hydrogen-bond donors (Lipinski definition) is 0. The van der Waals surface area contributed by atoms with Gasteiger partial charge in [-0.1, -0.05) is 133 Å². The topological polar surface area (TPSA) is 9.86 Å². The van der Waals surface area contributed by atoms with E-state index in [0.29, 0.717) is 0 Å². The zero-order valence-corrected chi connectivity index (χ0v) is 31.7. The van der Waals surface area contributed by atoms with Crippen LogP contribution in [0.3, 0.4) is 0 Å². The number of nitrogens with zero attached hydrogens (tertiary/aromatic N) is 2. The van der Waals surface area contributed by atoms with Crippen LogP contribution in [0.4, 0.5) is 0 Å². The molecule has 0 saturated carbocycles. The predicted octanol–water partition coefficient (Wildman–Crippen LogP) is 15.2. The van der Waals surface area contributed by atoms with E-state index in [9.17, 15) is 0 Å². The summed E-state index contributed by atoms with van der Waals surface area (Å²) in [4.78, 5) is 0. The largest absolute Gasteiger partial charge is 0.309 e. The molecule has 0 fully saturated rings. The van der Waals surface area contributed by atoms with Crippen LogP contribution in [-0.4, -0.2) is 9.13 Å². The number of rotatable bonds is 5. The first-order valence-electron chi connectivity index (χ1n) is 19.5. The van der Waals surface area contributed by atoms with Gasteiger partial charge in [-0.2, -0.15) is 0 Å². The first kappa shape index (κ1) is 32.1. The molecule has 0 bridgehead atoms. The van der Waals surface area contributed by atoms with Gasteiger partial charge in [0.05, 0.1) is 22.1 Å². The number of benzene rings is 9. The molecule has 0 saturated heterocycles. The molecule has 0 radical (unpaired) electrons. The molecule has 12 aromatic rings. The van der Waals surface area contributed by atoms with E-state index in [4.69, 9.17) is 0 Å². The monoisotopic (exact) mass is 742 g/mol. The van der Waals surface area contributed by atoms with Crippen molar-refractivity contribution < 1.29 is 0 Å². The van der Waals surface area contributed by atoms with Gasteiger partial charge < -0.3 is 9.13 Å². The number of thiophene rings is 1. The van der Waals surface area contributed by atoms with Crippen molar-refractivity contribution in [1.29, 1.82) is 0 Å². The van der Waals surface area contributed by atoms with Gasteiger partial charge in [-0.15, -0.1) is 11.3 Å². The highest BCUT2D eigenvalue weighted by atomic mass is 32.1. The van der Waals surface area contributed by atoms with E-state index in [-0.39, 0.29) is 0 Å². The highest BCUT2D eigenvalue weighted by molar-refractivity contribution is 7.26. The van der Waals surface area contributed by atoms with Crippen molar-refractivity contribution in [2.75, 3.05) is 0 Å². The summed E-state index contributed by atoms with van der Waals surface area (Å²) in [6.45, 7) is 0. The summed E-state index contributed by atoms with van der Waals surface area (Å²) in [7, 11) is 0. The van der Waals surface area contributed by atoms with Gasteiger partial charge in [0.15, 0.2) is 0 Å². The van der Waals surface area contributed by atoms with Crippen LogP contribution in [0.2, 0.25) is 0 Å². The third-order valence-electron chi connectivity index (χ3n) is 11.7. The number of hydrogen-bond acceptors (Lipinski definition) is 1. The van der Waals surface area contributed by atoms with E-state index in [1.807, 2.05) is 11.3 Å². The van der Waals surface area contributed by atoms with Crippen molar-refractivity contribution in [3.63, 3.8) is 0 Å². The number of fused-ring (bicyclic) bond motifs is 9. The maximum atomic E-state index is 2.45. The zero-order chi connectivity index (χ0) is 37.5. The summed E-state index contributed by atoms with van der Waals surface area (Å²) < 4.78 is 7.48. The van der Waals surface area contributed by atoms with Crippen molar-refractivity contribution in [2.24, 2.45) is 0 Å². The van der Waals surface area contributed by atoms with E-state index in [2.05, 4.69) is 215 Å². The van der Waals surface area contributed by atoms with Crippen molar-refractivity contribution in [3.05, 3.63) is 206 Å². The van der Waals surface area contributed by atoms with Crippen molar-refractivity contribution in [1.82, 2.24) is 9.13 Å². The second-order valence-corrected chi connectivity index (χ2v) is 16.0. The van der Waals surface area contributed by atoms with Crippen molar-refractivity contribution in [2.45, 2.75) is 0 Å². The molecule has 3 aromatic heterocycles. The van der Waals surface area contributed by atoms with Gasteiger partial charge in [0.1, 0.15) is 0 Å². The van der Waals surface area contributed by atoms with Crippen LogP contribution in [0.15, 0.2) is 206 Å². The number of aromatic nitrogens is 2. The van der Waals surface area contributed by atoms with Crippen LogP contribution in [0, 0.1) is 0 Å². The van der Waals surface area contributed by atoms with E-state index < -0.39 is 0 Å². The Morgan fingerprint density at radius 1 is 0.281 bits per heavy atom. The summed E-state index contributed by atoms with van der Waals surface area (Å²) in [5.74, 6) is 0. The Labute approximate surface area is 333 Å². The number of para-hydroxylation sites is 2. The van der Waals surface area contributed by atoms with Gasteiger partial charge >= 0.3 is 0 Å². The van der Waals surface area contributed by atoms with Crippen LogP contribution < -0.4 is 0 Å². The van der Waals surface area contributed by atoms with E-state index in [1.54, 1.807) is 0 Å². The molecule has 0 unspecified atom stereocenters.